The van der Waals surface area contributed by atoms with Crippen molar-refractivity contribution in [2.45, 2.75) is 39.7 Å². The molecule has 144 valence electrons. The summed E-state index contributed by atoms with van der Waals surface area (Å²) in [4.78, 5) is 37.9. The largest absolute Gasteiger partial charge is 0.360 e. The number of anilines is 1. The Labute approximate surface area is 152 Å². The average molecular weight is 365 g/mol. The summed E-state index contributed by atoms with van der Waals surface area (Å²) in [6, 6.07) is 1.03. The van der Waals surface area contributed by atoms with Crippen LogP contribution in [0, 0.1) is 18.8 Å². The minimum Gasteiger partial charge on any atom is -0.360 e. The lowest BCUT2D eigenvalue weighted by molar-refractivity contribution is -0.135. The molecule has 1 atom stereocenters. The van der Waals surface area contributed by atoms with Crippen LogP contribution < -0.4 is 16.4 Å². The van der Waals surface area contributed by atoms with Crippen LogP contribution in [0.25, 0.3) is 0 Å². The molecule has 4 N–H and O–H groups in total. The number of hydrogen-bond donors (Lipinski definition) is 3. The van der Waals surface area contributed by atoms with Gasteiger partial charge in [0.25, 0.3) is 0 Å². The number of nitrogens with one attached hydrogen (secondary N) is 2. The summed E-state index contributed by atoms with van der Waals surface area (Å²) in [5.41, 5.74) is 5.75. The molecular formula is C17H27N5O4. The van der Waals surface area contributed by atoms with Gasteiger partial charge in [-0.05, 0) is 25.7 Å². The van der Waals surface area contributed by atoms with Gasteiger partial charge in [0.2, 0.25) is 17.7 Å². The summed E-state index contributed by atoms with van der Waals surface area (Å²) in [5, 5.41) is 9.04. The van der Waals surface area contributed by atoms with Crippen LogP contribution in [0.5, 0.6) is 0 Å². The van der Waals surface area contributed by atoms with Crippen LogP contribution >= 0.6 is 0 Å². The highest BCUT2D eigenvalue weighted by Crippen LogP contribution is 2.19. The first-order chi connectivity index (χ1) is 12.3. The molecule has 9 nitrogen and oxygen atoms in total. The topological polar surface area (TPSA) is 131 Å². The van der Waals surface area contributed by atoms with Gasteiger partial charge in [0.1, 0.15) is 5.76 Å². The molecule has 0 bridgehead atoms. The molecule has 1 aromatic rings. The molecular weight excluding hydrogens is 338 g/mol. The third-order valence-corrected chi connectivity index (χ3v) is 4.53. The van der Waals surface area contributed by atoms with Crippen molar-refractivity contribution in [3.05, 3.63) is 11.8 Å². The summed E-state index contributed by atoms with van der Waals surface area (Å²) in [6.45, 7) is 6.32. The second-order valence-electron chi connectivity index (χ2n) is 6.95. The van der Waals surface area contributed by atoms with Crippen LogP contribution in [0.1, 0.15) is 32.4 Å². The van der Waals surface area contributed by atoms with E-state index in [-0.39, 0.29) is 36.1 Å². The normalized spacial score (nSPS) is 16.4. The number of rotatable bonds is 6. The average Bonchev–Trinajstić information content (AvgIpc) is 3.03. The first-order valence-electron chi connectivity index (χ1n) is 8.83. The Hall–Kier alpha value is -2.42. The molecule has 1 fully saturated rings. The number of nitrogens with two attached hydrogens (primary N) is 1. The van der Waals surface area contributed by atoms with Gasteiger partial charge in [-0.1, -0.05) is 19.0 Å². The van der Waals surface area contributed by atoms with Gasteiger partial charge >= 0.3 is 0 Å². The lowest BCUT2D eigenvalue weighted by Crippen LogP contribution is -2.49. The summed E-state index contributed by atoms with van der Waals surface area (Å²) >= 11 is 0. The molecule has 0 aliphatic carbocycles. The van der Waals surface area contributed by atoms with Crippen molar-refractivity contribution in [1.29, 1.82) is 0 Å². The number of amides is 3. The zero-order valence-electron chi connectivity index (χ0n) is 15.4. The first-order valence-corrected chi connectivity index (χ1v) is 8.83. The molecule has 0 spiro atoms. The second kappa shape index (κ2) is 8.79. The number of hydrogen-bond acceptors (Lipinski definition) is 6. The van der Waals surface area contributed by atoms with E-state index in [4.69, 9.17) is 10.3 Å². The SMILES string of the molecule is Cc1cc(NC(=O)C2CCN(C(=O)CNC(=O)[C@@H](N)C(C)C)CC2)no1. The molecule has 1 aromatic heterocycles. The Balaban J connectivity index is 1.74. The number of likely N-dealkylation sites (tertiary alicyclic amines) is 1. The van der Waals surface area contributed by atoms with Crippen LogP contribution in [-0.2, 0) is 14.4 Å². The van der Waals surface area contributed by atoms with Crippen LogP contribution in [0.3, 0.4) is 0 Å². The fourth-order valence-electron chi connectivity index (χ4n) is 2.74. The van der Waals surface area contributed by atoms with Crippen molar-refractivity contribution in [3.8, 4) is 0 Å². The maximum absolute atomic E-state index is 12.2. The molecule has 1 saturated heterocycles. The summed E-state index contributed by atoms with van der Waals surface area (Å²) in [5.74, 6) is 0.232. The molecule has 1 aliphatic heterocycles. The smallest absolute Gasteiger partial charge is 0.241 e. The molecule has 0 saturated carbocycles. The first kappa shape index (κ1) is 19.9. The van der Waals surface area contributed by atoms with Crippen molar-refractivity contribution < 1.29 is 18.9 Å². The van der Waals surface area contributed by atoms with Crippen molar-refractivity contribution in [3.63, 3.8) is 0 Å². The Morgan fingerprint density at radius 1 is 1.35 bits per heavy atom. The molecule has 2 heterocycles. The standard InChI is InChI=1S/C17H27N5O4/c1-10(2)15(18)17(25)19-9-14(23)22-6-4-12(5-7-22)16(24)20-13-8-11(3)26-21-13/h8,10,12,15H,4-7,9,18H2,1-3H3,(H,19,25)(H,20,21,24)/t15-/m0/s1. The monoisotopic (exact) mass is 365 g/mol. The van der Waals surface area contributed by atoms with Gasteiger partial charge in [0.05, 0.1) is 12.6 Å². The third-order valence-electron chi connectivity index (χ3n) is 4.53. The zero-order valence-corrected chi connectivity index (χ0v) is 15.4. The molecule has 9 heteroatoms. The van der Waals surface area contributed by atoms with E-state index in [0.717, 1.165) is 0 Å². The Morgan fingerprint density at radius 2 is 2.00 bits per heavy atom. The number of piperidine rings is 1. The molecule has 1 aliphatic rings. The Bertz CT molecular complexity index is 649. The minimum atomic E-state index is -0.627. The molecule has 3 amide bonds. The number of carbonyl (C=O) groups is 3. The molecule has 0 radical (unpaired) electrons. The van der Waals surface area contributed by atoms with Crippen LogP contribution in [-0.4, -0.2) is 53.5 Å². The van der Waals surface area contributed by atoms with Crippen LogP contribution in [0.2, 0.25) is 0 Å². The second-order valence-corrected chi connectivity index (χ2v) is 6.95. The van der Waals surface area contributed by atoms with Crippen LogP contribution in [0.4, 0.5) is 5.82 Å². The lowest BCUT2D eigenvalue weighted by atomic mass is 9.96. The molecule has 0 unspecified atom stereocenters. The highest BCUT2D eigenvalue weighted by atomic mass is 16.5. The maximum Gasteiger partial charge on any atom is 0.241 e. The zero-order chi connectivity index (χ0) is 19.3. The van der Waals surface area contributed by atoms with E-state index in [2.05, 4.69) is 15.8 Å². The van der Waals surface area contributed by atoms with E-state index in [9.17, 15) is 14.4 Å². The number of aryl methyl sites for hydroxylation is 1. The maximum atomic E-state index is 12.2. The van der Waals surface area contributed by atoms with E-state index in [1.807, 2.05) is 13.8 Å². The van der Waals surface area contributed by atoms with E-state index in [0.29, 0.717) is 37.5 Å². The number of carbonyl (C=O) groups excluding carboxylic acids is 3. The fraction of sp³-hybridized carbons (Fsp3) is 0.647. The fourth-order valence-corrected chi connectivity index (χ4v) is 2.74. The van der Waals surface area contributed by atoms with Gasteiger partial charge in [-0.3, -0.25) is 14.4 Å². The van der Waals surface area contributed by atoms with Crippen molar-refractivity contribution in [2.75, 3.05) is 25.0 Å². The van der Waals surface area contributed by atoms with Gasteiger partial charge in [-0.2, -0.15) is 0 Å². The number of nitrogens with zero attached hydrogens (tertiary/aromatic N) is 2. The van der Waals surface area contributed by atoms with Crippen molar-refractivity contribution in [1.82, 2.24) is 15.4 Å². The predicted molar refractivity (Wildman–Crippen MR) is 95.0 cm³/mol. The minimum absolute atomic E-state index is 0.00728. The van der Waals surface area contributed by atoms with Gasteiger partial charge < -0.3 is 25.8 Å². The van der Waals surface area contributed by atoms with E-state index in [1.54, 1.807) is 17.9 Å². The van der Waals surface area contributed by atoms with Crippen LogP contribution in [0.15, 0.2) is 10.6 Å². The van der Waals surface area contributed by atoms with E-state index in [1.165, 1.54) is 0 Å². The summed E-state index contributed by atoms with van der Waals surface area (Å²) in [6.07, 6.45) is 1.13. The van der Waals surface area contributed by atoms with E-state index >= 15 is 0 Å². The number of aromatic nitrogens is 1. The quantitative estimate of drug-likeness (QED) is 0.663. The summed E-state index contributed by atoms with van der Waals surface area (Å²) in [7, 11) is 0. The van der Waals surface area contributed by atoms with Gasteiger partial charge in [0, 0.05) is 25.1 Å². The third kappa shape index (κ3) is 5.29. The Morgan fingerprint density at radius 3 is 2.54 bits per heavy atom. The van der Waals surface area contributed by atoms with E-state index < -0.39 is 6.04 Å². The predicted octanol–water partition coefficient (Wildman–Crippen LogP) is 0.260. The van der Waals surface area contributed by atoms with Crippen molar-refractivity contribution in [2.24, 2.45) is 17.6 Å². The van der Waals surface area contributed by atoms with Gasteiger partial charge in [-0.25, -0.2) is 0 Å². The summed E-state index contributed by atoms with van der Waals surface area (Å²) < 4.78 is 4.92. The highest BCUT2D eigenvalue weighted by Gasteiger charge is 2.28. The lowest BCUT2D eigenvalue weighted by Gasteiger charge is -2.31. The van der Waals surface area contributed by atoms with Crippen molar-refractivity contribution >= 4 is 23.5 Å². The Kier molecular flexibility index (Phi) is 6.73. The molecule has 2 rings (SSSR count). The molecule has 0 aromatic carbocycles. The van der Waals surface area contributed by atoms with Gasteiger partial charge in [0.15, 0.2) is 5.82 Å². The van der Waals surface area contributed by atoms with Gasteiger partial charge in [-0.15, -0.1) is 0 Å². The highest BCUT2D eigenvalue weighted by molar-refractivity contribution is 5.92. The molecule has 26 heavy (non-hydrogen) atoms.